The Kier molecular flexibility index (Phi) is 3.64. The van der Waals surface area contributed by atoms with Gasteiger partial charge in [-0.05, 0) is 12.8 Å². The van der Waals surface area contributed by atoms with Gasteiger partial charge in [-0.1, -0.05) is 31.5 Å². The standard InChI is InChI=1S/C10H14ClN3/c1-3-6-5-8(12)9(11)7(4-2)10(6)14-13/h5,8H,3-4,12H2,1-2H3. The molecule has 1 unspecified atom stereocenters. The normalized spacial score (nSPS) is 22.1. The van der Waals surface area contributed by atoms with Gasteiger partial charge in [-0.15, -0.1) is 0 Å². The number of nitrogens with two attached hydrogens (primary N) is 1. The summed E-state index contributed by atoms with van der Waals surface area (Å²) in [5, 5.41) is 0.581. The van der Waals surface area contributed by atoms with Crippen LogP contribution >= 0.6 is 11.6 Å². The van der Waals surface area contributed by atoms with Crippen molar-refractivity contribution in [1.82, 2.24) is 0 Å². The lowest BCUT2D eigenvalue weighted by Crippen LogP contribution is -2.27. The van der Waals surface area contributed by atoms with E-state index in [1.165, 1.54) is 0 Å². The van der Waals surface area contributed by atoms with E-state index in [1.54, 1.807) is 0 Å². The van der Waals surface area contributed by atoms with E-state index in [4.69, 9.17) is 22.9 Å². The first kappa shape index (κ1) is 11.2. The summed E-state index contributed by atoms with van der Waals surface area (Å²) in [6.45, 7) is 3.96. The minimum atomic E-state index is -0.257. The fourth-order valence-corrected chi connectivity index (χ4v) is 1.91. The average Bonchev–Trinajstić information content (AvgIpc) is 2.20. The molecular weight excluding hydrogens is 198 g/mol. The Morgan fingerprint density at radius 3 is 2.57 bits per heavy atom. The molecule has 0 aromatic rings. The Morgan fingerprint density at radius 2 is 2.14 bits per heavy atom. The summed E-state index contributed by atoms with van der Waals surface area (Å²) >= 11 is 6.05. The maximum atomic E-state index is 8.91. The molecule has 0 saturated heterocycles. The highest BCUT2D eigenvalue weighted by molar-refractivity contribution is 6.34. The Hall–Kier alpha value is -0.890. The molecule has 0 spiro atoms. The van der Waals surface area contributed by atoms with Crippen LogP contribution < -0.4 is 5.73 Å². The predicted octanol–water partition coefficient (Wildman–Crippen LogP) is 2.24. The third-order valence-corrected chi connectivity index (χ3v) is 2.87. The Bertz CT molecular complexity index is 348. The van der Waals surface area contributed by atoms with Crippen LogP contribution in [0.15, 0.2) is 22.3 Å². The van der Waals surface area contributed by atoms with Gasteiger partial charge in [-0.25, -0.2) is 0 Å². The van der Waals surface area contributed by atoms with Gasteiger partial charge in [-0.2, -0.15) is 4.79 Å². The summed E-state index contributed by atoms with van der Waals surface area (Å²) in [7, 11) is 0. The van der Waals surface area contributed by atoms with E-state index in [9.17, 15) is 0 Å². The molecular formula is C10H14ClN3. The molecule has 1 aliphatic carbocycles. The highest BCUT2D eigenvalue weighted by Crippen LogP contribution is 2.27. The lowest BCUT2D eigenvalue weighted by atomic mass is 9.90. The summed E-state index contributed by atoms with van der Waals surface area (Å²) in [5.41, 5.74) is 17.1. The van der Waals surface area contributed by atoms with Gasteiger partial charge in [0.05, 0.1) is 11.6 Å². The zero-order valence-corrected chi connectivity index (χ0v) is 9.17. The summed E-state index contributed by atoms with van der Waals surface area (Å²) in [4.78, 5) is 3.29. The van der Waals surface area contributed by atoms with Gasteiger partial charge in [0.2, 0.25) is 0 Å². The molecule has 1 atom stereocenters. The smallest absolute Gasteiger partial charge is 0.322 e. The van der Waals surface area contributed by atoms with Crippen molar-refractivity contribution in [1.29, 1.82) is 0 Å². The number of nitrogens with zero attached hydrogens (tertiary/aromatic N) is 2. The van der Waals surface area contributed by atoms with Gasteiger partial charge in [0, 0.05) is 10.6 Å². The summed E-state index contributed by atoms with van der Waals surface area (Å²) in [5.74, 6) is 0. The fourth-order valence-electron chi connectivity index (χ4n) is 1.62. The van der Waals surface area contributed by atoms with Crippen LogP contribution in [0, 0.1) is 0 Å². The van der Waals surface area contributed by atoms with E-state index >= 15 is 0 Å². The van der Waals surface area contributed by atoms with Crippen molar-refractivity contribution in [3.05, 3.63) is 27.8 Å². The summed E-state index contributed by atoms with van der Waals surface area (Å²) in [6, 6.07) is -0.257. The molecule has 14 heavy (non-hydrogen) atoms. The maximum Gasteiger partial charge on any atom is 0.322 e. The lowest BCUT2D eigenvalue weighted by molar-refractivity contribution is -0.00413. The van der Waals surface area contributed by atoms with Crippen LogP contribution in [0.2, 0.25) is 0 Å². The molecule has 4 heteroatoms. The second kappa shape index (κ2) is 4.56. The van der Waals surface area contributed by atoms with E-state index in [-0.39, 0.29) is 6.04 Å². The van der Waals surface area contributed by atoms with Crippen LogP contribution in [0.25, 0.3) is 5.53 Å². The van der Waals surface area contributed by atoms with Crippen molar-refractivity contribution < 1.29 is 4.79 Å². The van der Waals surface area contributed by atoms with E-state index in [0.29, 0.717) is 10.7 Å². The van der Waals surface area contributed by atoms with E-state index in [1.807, 2.05) is 19.9 Å². The van der Waals surface area contributed by atoms with E-state index in [0.717, 1.165) is 24.0 Å². The number of halogens is 1. The van der Waals surface area contributed by atoms with Gasteiger partial charge in [0.25, 0.3) is 0 Å². The SMILES string of the molecule is CCC1=CC(N)C(Cl)=C(CC)C1=[N+]=[N-]. The van der Waals surface area contributed by atoms with Crippen LogP contribution in [0.4, 0.5) is 0 Å². The second-order valence-corrected chi connectivity index (χ2v) is 3.61. The van der Waals surface area contributed by atoms with E-state index < -0.39 is 0 Å². The van der Waals surface area contributed by atoms with Gasteiger partial charge >= 0.3 is 5.71 Å². The molecule has 0 heterocycles. The monoisotopic (exact) mass is 211 g/mol. The highest BCUT2D eigenvalue weighted by atomic mass is 35.5. The van der Waals surface area contributed by atoms with Crippen molar-refractivity contribution in [2.75, 3.05) is 0 Å². The number of rotatable bonds is 2. The summed E-state index contributed by atoms with van der Waals surface area (Å²) < 4.78 is 0. The van der Waals surface area contributed by atoms with Crippen molar-refractivity contribution in [3.63, 3.8) is 0 Å². The van der Waals surface area contributed by atoms with Crippen molar-refractivity contribution >= 4 is 17.3 Å². The minimum absolute atomic E-state index is 0.257. The quantitative estimate of drug-likeness (QED) is 0.553. The molecule has 1 aliphatic rings. The third-order valence-electron chi connectivity index (χ3n) is 2.39. The minimum Gasteiger partial charge on any atom is -0.361 e. The van der Waals surface area contributed by atoms with Crippen LogP contribution in [0.5, 0.6) is 0 Å². The molecule has 3 nitrogen and oxygen atoms in total. The van der Waals surface area contributed by atoms with Crippen molar-refractivity contribution in [2.24, 2.45) is 5.73 Å². The molecule has 1 rings (SSSR count). The first-order chi connectivity index (χ1) is 6.65. The Morgan fingerprint density at radius 1 is 1.50 bits per heavy atom. The Balaban J connectivity index is 3.24. The van der Waals surface area contributed by atoms with Crippen molar-refractivity contribution in [3.8, 4) is 0 Å². The Labute approximate surface area is 88.9 Å². The molecule has 2 N–H and O–H groups in total. The first-order valence-corrected chi connectivity index (χ1v) is 5.11. The van der Waals surface area contributed by atoms with E-state index in [2.05, 4.69) is 4.79 Å². The van der Waals surface area contributed by atoms with Crippen LogP contribution in [-0.2, 0) is 0 Å². The average molecular weight is 212 g/mol. The molecule has 76 valence electrons. The van der Waals surface area contributed by atoms with Gasteiger partial charge < -0.3 is 11.3 Å². The first-order valence-electron chi connectivity index (χ1n) is 4.73. The summed E-state index contributed by atoms with van der Waals surface area (Å²) in [6.07, 6.45) is 3.36. The molecule has 0 amide bonds. The van der Waals surface area contributed by atoms with Crippen LogP contribution in [0.1, 0.15) is 26.7 Å². The molecule has 0 radical (unpaired) electrons. The predicted molar refractivity (Wildman–Crippen MR) is 58.1 cm³/mol. The second-order valence-electron chi connectivity index (χ2n) is 3.20. The number of allylic oxidation sites excluding steroid dienone is 2. The molecule has 0 aromatic carbocycles. The third kappa shape index (κ3) is 1.80. The van der Waals surface area contributed by atoms with Gasteiger partial charge in [0.1, 0.15) is 0 Å². The molecule has 0 saturated carbocycles. The van der Waals surface area contributed by atoms with Gasteiger partial charge in [0.15, 0.2) is 0 Å². The maximum absolute atomic E-state index is 8.91. The zero-order chi connectivity index (χ0) is 10.7. The number of hydrogen-bond donors (Lipinski definition) is 1. The molecule has 0 aromatic heterocycles. The van der Waals surface area contributed by atoms with Crippen LogP contribution in [0.3, 0.4) is 0 Å². The zero-order valence-electron chi connectivity index (χ0n) is 8.42. The van der Waals surface area contributed by atoms with Crippen molar-refractivity contribution in [2.45, 2.75) is 32.7 Å². The van der Waals surface area contributed by atoms with Gasteiger partial charge in [-0.3, -0.25) is 0 Å². The largest absolute Gasteiger partial charge is 0.361 e. The fraction of sp³-hybridized carbons (Fsp3) is 0.500. The van der Waals surface area contributed by atoms with Crippen LogP contribution in [-0.4, -0.2) is 16.5 Å². The molecule has 0 aliphatic heterocycles. The molecule has 0 bridgehead atoms. The lowest BCUT2D eigenvalue weighted by Gasteiger charge is -2.16. The topological polar surface area (TPSA) is 62.4 Å². The number of hydrogen-bond acceptors (Lipinski definition) is 1. The highest BCUT2D eigenvalue weighted by Gasteiger charge is 2.28. The molecule has 0 fully saturated rings.